The molecule has 5 N–H and O–H groups in total. The number of Topliss-reactive ketones (excluding diaryl/α,β-unsaturated/α-hetero) is 1. The molecule has 0 saturated heterocycles. The number of anilines is 2. The molecule has 4 aromatic carbocycles. The van der Waals surface area contributed by atoms with Crippen LogP contribution < -0.4 is 28.4 Å². The summed E-state index contributed by atoms with van der Waals surface area (Å²) in [7, 11) is 0. The number of benzene rings is 4. The van der Waals surface area contributed by atoms with Crippen LogP contribution in [0.3, 0.4) is 0 Å². The molecule has 4 aromatic rings. The molecule has 4 nitrogen and oxygen atoms in total. The van der Waals surface area contributed by atoms with Crippen molar-refractivity contribution in [3.05, 3.63) is 121 Å². The predicted molar refractivity (Wildman–Crippen MR) is 196 cm³/mol. The number of carbonyl (C=O) groups excluding carboxylic acids is 1. The van der Waals surface area contributed by atoms with Gasteiger partial charge in [-0.3, -0.25) is 4.79 Å². The van der Waals surface area contributed by atoms with E-state index in [9.17, 15) is 36.2 Å². The summed E-state index contributed by atoms with van der Waals surface area (Å²) >= 11 is 34.7. The molecule has 0 aromatic heterocycles. The van der Waals surface area contributed by atoms with Crippen LogP contribution in [0.5, 0.6) is 0 Å². The molecule has 264 valence electrons. The van der Waals surface area contributed by atoms with Gasteiger partial charge in [0.2, 0.25) is 5.60 Å². The van der Waals surface area contributed by atoms with Gasteiger partial charge in [-0.2, -0.15) is 67.7 Å². The van der Waals surface area contributed by atoms with Crippen molar-refractivity contribution in [1.29, 1.82) is 0 Å². The molecule has 0 heterocycles. The van der Waals surface area contributed by atoms with E-state index >= 15 is 0 Å². The summed E-state index contributed by atoms with van der Waals surface area (Å²) in [6.45, 7) is 0. The molecule has 0 amide bonds. The van der Waals surface area contributed by atoms with Gasteiger partial charge >= 0.3 is 35.4 Å². The molecular weight excluding hydrogens is 1090 g/mol. The maximum atomic E-state index is 13.7. The fourth-order valence-electron chi connectivity index (χ4n) is 3.34. The SMILES string of the molecule is C.Clc1c[c-]cc(Cl)c1.Nc1c(Br)cc(C(=O)C(F)(F)F)cc1Br.Nc1c(Br)cc(C(O)(c2cc(Cl)cc(Cl)c2)C(F)(F)F)cc1Br.[Br-].[Mg+2]. The van der Waals surface area contributed by atoms with E-state index in [1.54, 1.807) is 18.2 Å². The molecule has 1 atom stereocenters. The molecule has 0 aliphatic carbocycles. The minimum Gasteiger partial charge on any atom is -1.00 e. The standard InChI is InChI=1S/C14H8Br2Cl2F3NO.C8H4Br2F3NO.C6H3Cl2.CH4.BrH.Mg/c15-10-3-7(4-11(16)12(10)22)13(23,14(19,20)21)6-1-8(17)5-9(18)2-6;9-4-1-3(2-5(10)6(4)14)7(15)8(11,12)13;7-5-2-1-3-6(8)4-5;;;/h1-5,23H,22H2;1-2H,14H2;2-4H;1H4;1H;/q;;-1;;;+2/p-1. The first-order valence-corrected chi connectivity index (χ1v) is 16.4. The van der Waals surface area contributed by atoms with Crippen LogP contribution in [0.1, 0.15) is 28.9 Å². The fraction of sp³-hybridized carbons (Fsp3) is 0.138. The normalized spacial score (nSPS) is 11.9. The van der Waals surface area contributed by atoms with E-state index in [1.165, 1.54) is 6.07 Å². The number of hydrogen-bond donors (Lipinski definition) is 3. The third kappa shape index (κ3) is 14.1. The number of carbonyl (C=O) groups is 1. The Balaban J connectivity index is 0. The average Bonchev–Trinajstić information content (AvgIpc) is 2.92. The van der Waals surface area contributed by atoms with Gasteiger partial charge in [-0.25, -0.2) is 0 Å². The van der Waals surface area contributed by atoms with Crippen LogP contribution in [-0.2, 0) is 5.60 Å². The number of aliphatic hydroxyl groups is 1. The minimum atomic E-state index is -5.02. The molecular formula is C29H19Br5Cl4F6MgN2O2. The monoisotopic (exact) mass is 1100 g/mol. The molecule has 49 heavy (non-hydrogen) atoms. The first-order chi connectivity index (χ1) is 21.0. The number of hydrogen-bond acceptors (Lipinski definition) is 4. The molecule has 0 spiro atoms. The fourth-order valence-corrected chi connectivity index (χ4v) is 6.66. The van der Waals surface area contributed by atoms with Crippen LogP contribution in [0.4, 0.5) is 37.7 Å². The van der Waals surface area contributed by atoms with Gasteiger partial charge in [0.15, 0.2) is 0 Å². The van der Waals surface area contributed by atoms with Crippen LogP contribution in [0.15, 0.2) is 78.6 Å². The topological polar surface area (TPSA) is 89.3 Å². The van der Waals surface area contributed by atoms with Crippen molar-refractivity contribution < 1.29 is 53.2 Å². The van der Waals surface area contributed by atoms with Crippen LogP contribution in [0, 0.1) is 6.07 Å². The molecule has 0 fully saturated rings. The Kier molecular flexibility index (Phi) is 22.0. The Bertz CT molecular complexity index is 1670. The molecule has 0 aliphatic heterocycles. The molecule has 1 unspecified atom stereocenters. The summed E-state index contributed by atoms with van der Waals surface area (Å²) < 4.78 is 78.3. The molecule has 0 saturated carbocycles. The van der Waals surface area contributed by atoms with E-state index in [0.717, 1.165) is 36.4 Å². The maximum Gasteiger partial charge on any atom is 2.00 e. The van der Waals surface area contributed by atoms with Crippen molar-refractivity contribution in [2.45, 2.75) is 25.4 Å². The van der Waals surface area contributed by atoms with E-state index in [2.05, 4.69) is 69.8 Å². The average molecular weight is 1110 g/mol. The molecule has 20 heteroatoms. The van der Waals surface area contributed by atoms with E-state index in [1.807, 2.05) is 0 Å². The Morgan fingerprint density at radius 2 is 0.980 bits per heavy atom. The Hall–Kier alpha value is 0.0162. The number of rotatable bonds is 3. The second kappa shape index (κ2) is 21.0. The zero-order chi connectivity index (χ0) is 35.4. The summed E-state index contributed by atoms with van der Waals surface area (Å²) in [6.07, 6.45) is -9.90. The summed E-state index contributed by atoms with van der Waals surface area (Å²) in [5.74, 6) is -1.90. The first kappa shape index (κ1) is 51.1. The first-order valence-electron chi connectivity index (χ1n) is 11.7. The summed E-state index contributed by atoms with van der Waals surface area (Å²) in [5, 5.41) is 11.8. The van der Waals surface area contributed by atoms with E-state index in [0.29, 0.717) is 10.0 Å². The molecule has 4 rings (SSSR count). The second-order valence-electron chi connectivity index (χ2n) is 8.77. The van der Waals surface area contributed by atoms with Gasteiger partial charge in [0, 0.05) is 39.1 Å². The van der Waals surface area contributed by atoms with Gasteiger partial charge in [0.05, 0.1) is 11.4 Å². The predicted octanol–water partition coefficient (Wildman–Crippen LogP) is 9.49. The van der Waals surface area contributed by atoms with Crippen LogP contribution in [0.25, 0.3) is 0 Å². The molecule has 0 bridgehead atoms. The van der Waals surface area contributed by atoms with Crippen molar-refractivity contribution in [2.75, 3.05) is 11.5 Å². The Morgan fingerprint density at radius 1 is 0.653 bits per heavy atom. The number of nitrogens with two attached hydrogens (primary N) is 2. The maximum absolute atomic E-state index is 13.7. The molecule has 0 radical (unpaired) electrons. The van der Waals surface area contributed by atoms with Gasteiger partial charge < -0.3 is 33.6 Å². The third-order valence-corrected chi connectivity index (χ3v) is 9.00. The number of ketones is 1. The third-order valence-electron chi connectivity index (χ3n) is 5.50. The summed E-state index contributed by atoms with van der Waals surface area (Å²) in [6, 6.07) is 15.3. The van der Waals surface area contributed by atoms with Crippen LogP contribution in [-0.4, -0.2) is 46.3 Å². The quantitative estimate of drug-likeness (QED) is 0.0628. The van der Waals surface area contributed by atoms with Crippen molar-refractivity contribution in [2.24, 2.45) is 0 Å². The number of halogens is 15. The molecule has 0 aliphatic rings. The van der Waals surface area contributed by atoms with Gasteiger partial charge in [0.25, 0.3) is 5.78 Å². The zero-order valence-electron chi connectivity index (χ0n) is 23.2. The smallest absolute Gasteiger partial charge is 1.00 e. The van der Waals surface area contributed by atoms with Gasteiger partial charge in [-0.05, 0) is 112 Å². The summed E-state index contributed by atoms with van der Waals surface area (Å²) in [4.78, 5) is 10.9. The van der Waals surface area contributed by atoms with Gasteiger partial charge in [-0.15, -0.1) is 6.07 Å². The zero-order valence-corrected chi connectivity index (χ0v) is 35.5. The van der Waals surface area contributed by atoms with E-state index < -0.39 is 40.4 Å². The van der Waals surface area contributed by atoms with Crippen molar-refractivity contribution in [1.82, 2.24) is 0 Å². The Morgan fingerprint density at radius 3 is 1.29 bits per heavy atom. The van der Waals surface area contributed by atoms with E-state index in [-0.39, 0.29) is 86.8 Å². The van der Waals surface area contributed by atoms with Crippen LogP contribution >= 0.6 is 110 Å². The van der Waals surface area contributed by atoms with Gasteiger partial charge in [0.1, 0.15) is 0 Å². The largest absolute Gasteiger partial charge is 2.00 e. The van der Waals surface area contributed by atoms with Crippen molar-refractivity contribution in [3.63, 3.8) is 0 Å². The van der Waals surface area contributed by atoms with E-state index in [4.69, 9.17) is 57.9 Å². The van der Waals surface area contributed by atoms with Gasteiger partial charge in [-0.1, -0.05) is 40.7 Å². The summed E-state index contributed by atoms with van der Waals surface area (Å²) in [5.41, 5.74) is 6.92. The minimum absolute atomic E-state index is 0. The number of alkyl halides is 6. The number of nitrogen functional groups attached to an aromatic ring is 2. The Labute approximate surface area is 358 Å². The van der Waals surface area contributed by atoms with Crippen molar-refractivity contribution in [3.8, 4) is 0 Å². The van der Waals surface area contributed by atoms with Crippen molar-refractivity contribution >= 4 is 150 Å². The second-order valence-corrected chi connectivity index (χ2v) is 13.9. The van der Waals surface area contributed by atoms with Crippen LogP contribution in [0.2, 0.25) is 20.1 Å².